The SMILES string of the molecule is O=C(Nc1ccc(SCc2cc3ccc(O)cc3oc2=O)cc1)/C(=C/c1cccc(Cl)c1)NC(=O)c1ccccc1. The summed E-state index contributed by atoms with van der Waals surface area (Å²) in [7, 11) is 0. The third-order valence-corrected chi connectivity index (χ3v) is 7.28. The molecule has 1 heterocycles. The Hall–Kier alpha value is -4.79. The lowest BCUT2D eigenvalue weighted by molar-refractivity contribution is -0.113. The molecule has 9 heteroatoms. The van der Waals surface area contributed by atoms with Crippen LogP contribution in [0.2, 0.25) is 5.02 Å². The van der Waals surface area contributed by atoms with Crippen molar-refractivity contribution in [2.75, 3.05) is 5.32 Å². The molecule has 0 saturated heterocycles. The van der Waals surface area contributed by atoms with E-state index >= 15 is 0 Å². The molecule has 4 aromatic carbocycles. The molecule has 3 N–H and O–H groups in total. The maximum atomic E-state index is 13.2. The Balaban J connectivity index is 1.28. The third kappa shape index (κ3) is 7.25. The molecule has 5 aromatic rings. The fourth-order valence-corrected chi connectivity index (χ4v) is 4.99. The zero-order valence-electron chi connectivity index (χ0n) is 21.5. The maximum absolute atomic E-state index is 13.2. The lowest BCUT2D eigenvalue weighted by atomic mass is 10.1. The standard InChI is InChI=1S/C32H23ClN2O5S/c33-24-8-4-5-20(15-24)16-28(35-30(37)21-6-2-1-3-7-21)31(38)34-25-10-13-27(14-11-25)41-19-23-17-22-9-12-26(36)18-29(22)40-32(23)39/h1-18,36H,19H2,(H,34,38)(H,35,37)/b28-16-. The van der Waals surface area contributed by atoms with E-state index in [0.717, 1.165) is 10.3 Å². The Morgan fingerprint density at radius 3 is 2.44 bits per heavy atom. The normalized spacial score (nSPS) is 11.3. The average Bonchev–Trinajstić information content (AvgIpc) is 2.97. The zero-order valence-corrected chi connectivity index (χ0v) is 23.0. The molecule has 0 aliphatic heterocycles. The van der Waals surface area contributed by atoms with Crippen molar-refractivity contribution in [3.63, 3.8) is 0 Å². The van der Waals surface area contributed by atoms with Gasteiger partial charge in [-0.3, -0.25) is 9.59 Å². The fourth-order valence-electron chi connectivity index (χ4n) is 3.94. The summed E-state index contributed by atoms with van der Waals surface area (Å²) in [6, 6.07) is 29.1. The van der Waals surface area contributed by atoms with Crippen LogP contribution in [0.5, 0.6) is 5.75 Å². The van der Waals surface area contributed by atoms with Gasteiger partial charge in [0.25, 0.3) is 11.8 Å². The van der Waals surface area contributed by atoms with Gasteiger partial charge in [-0.1, -0.05) is 41.9 Å². The molecule has 204 valence electrons. The molecular formula is C32H23ClN2O5S. The highest BCUT2D eigenvalue weighted by Gasteiger charge is 2.15. The van der Waals surface area contributed by atoms with Crippen LogP contribution >= 0.6 is 23.4 Å². The van der Waals surface area contributed by atoms with Crippen molar-refractivity contribution in [1.82, 2.24) is 5.32 Å². The van der Waals surface area contributed by atoms with Crippen LogP contribution in [0.25, 0.3) is 17.0 Å². The number of benzene rings is 4. The van der Waals surface area contributed by atoms with E-state index in [-0.39, 0.29) is 11.4 Å². The molecule has 0 unspecified atom stereocenters. The molecule has 0 aliphatic carbocycles. The van der Waals surface area contributed by atoms with Gasteiger partial charge in [0.05, 0.1) is 0 Å². The number of halogens is 1. The molecule has 0 radical (unpaired) electrons. The Labute approximate surface area is 244 Å². The maximum Gasteiger partial charge on any atom is 0.340 e. The number of nitrogens with one attached hydrogen (secondary N) is 2. The Bertz CT molecular complexity index is 1820. The van der Waals surface area contributed by atoms with Crippen LogP contribution in [-0.2, 0) is 10.5 Å². The highest BCUT2D eigenvalue weighted by Crippen LogP contribution is 2.26. The van der Waals surface area contributed by atoms with Gasteiger partial charge in [-0.05, 0) is 78.4 Å². The second-order valence-electron chi connectivity index (χ2n) is 8.98. The summed E-state index contributed by atoms with van der Waals surface area (Å²) in [5.41, 5.74) is 2.00. The number of phenols is 1. The molecule has 41 heavy (non-hydrogen) atoms. The minimum Gasteiger partial charge on any atom is -0.508 e. The number of hydrogen-bond acceptors (Lipinski definition) is 6. The predicted molar refractivity (Wildman–Crippen MR) is 162 cm³/mol. The number of hydrogen-bond donors (Lipinski definition) is 3. The molecule has 1 aromatic heterocycles. The quantitative estimate of drug-likeness (QED) is 0.105. The summed E-state index contributed by atoms with van der Waals surface area (Å²) in [6.45, 7) is 0. The number of thioether (sulfide) groups is 1. The Morgan fingerprint density at radius 1 is 0.902 bits per heavy atom. The highest BCUT2D eigenvalue weighted by atomic mass is 35.5. The summed E-state index contributed by atoms with van der Waals surface area (Å²) in [6.07, 6.45) is 1.56. The van der Waals surface area contributed by atoms with Crippen molar-refractivity contribution in [1.29, 1.82) is 0 Å². The number of anilines is 1. The van der Waals surface area contributed by atoms with E-state index in [1.165, 1.54) is 23.9 Å². The number of fused-ring (bicyclic) bond motifs is 1. The summed E-state index contributed by atoms with van der Waals surface area (Å²) >= 11 is 7.55. The summed E-state index contributed by atoms with van der Waals surface area (Å²) in [4.78, 5) is 39.3. The second kappa shape index (κ2) is 12.6. The summed E-state index contributed by atoms with van der Waals surface area (Å²) < 4.78 is 5.33. The molecule has 7 nitrogen and oxygen atoms in total. The lowest BCUT2D eigenvalue weighted by Gasteiger charge is -2.12. The highest BCUT2D eigenvalue weighted by molar-refractivity contribution is 7.98. The van der Waals surface area contributed by atoms with Crippen molar-refractivity contribution < 1.29 is 19.1 Å². The van der Waals surface area contributed by atoms with E-state index in [1.54, 1.807) is 84.9 Å². The van der Waals surface area contributed by atoms with Crippen LogP contribution in [0, 0.1) is 0 Å². The van der Waals surface area contributed by atoms with Crippen molar-refractivity contribution in [2.45, 2.75) is 10.6 Å². The van der Waals surface area contributed by atoms with E-state index in [9.17, 15) is 19.5 Å². The van der Waals surface area contributed by atoms with E-state index in [1.807, 2.05) is 12.1 Å². The van der Waals surface area contributed by atoms with E-state index in [0.29, 0.717) is 38.7 Å². The number of phenolic OH excluding ortho intramolecular Hbond substituents is 1. The number of amides is 2. The Morgan fingerprint density at radius 2 is 1.68 bits per heavy atom. The van der Waals surface area contributed by atoms with Crippen LogP contribution in [0.4, 0.5) is 5.69 Å². The molecule has 0 aliphatic rings. The van der Waals surface area contributed by atoms with Gasteiger partial charge in [0, 0.05) is 43.9 Å². The largest absolute Gasteiger partial charge is 0.508 e. The zero-order chi connectivity index (χ0) is 28.8. The molecule has 0 fully saturated rings. The van der Waals surface area contributed by atoms with Crippen molar-refractivity contribution >= 4 is 57.9 Å². The van der Waals surface area contributed by atoms with Gasteiger partial charge in [0.1, 0.15) is 17.0 Å². The molecule has 2 amide bonds. The van der Waals surface area contributed by atoms with E-state index in [2.05, 4.69) is 10.6 Å². The monoisotopic (exact) mass is 582 g/mol. The van der Waals surface area contributed by atoms with Gasteiger partial charge < -0.3 is 20.2 Å². The first-order valence-corrected chi connectivity index (χ1v) is 13.8. The fraction of sp³-hybridized carbons (Fsp3) is 0.0312. The van der Waals surface area contributed by atoms with Gasteiger partial charge >= 0.3 is 5.63 Å². The molecule has 0 atom stereocenters. The van der Waals surface area contributed by atoms with Crippen LogP contribution in [0.1, 0.15) is 21.5 Å². The molecule has 5 rings (SSSR count). The third-order valence-electron chi connectivity index (χ3n) is 5.99. The van der Waals surface area contributed by atoms with Crippen molar-refractivity contribution in [3.05, 3.63) is 141 Å². The predicted octanol–water partition coefficient (Wildman–Crippen LogP) is 6.85. The molecule has 0 bridgehead atoms. The van der Waals surface area contributed by atoms with Gasteiger partial charge in [0.2, 0.25) is 0 Å². The lowest BCUT2D eigenvalue weighted by Crippen LogP contribution is -2.30. The van der Waals surface area contributed by atoms with E-state index < -0.39 is 17.4 Å². The minimum atomic E-state index is -0.505. The Kier molecular flexibility index (Phi) is 8.53. The second-order valence-corrected chi connectivity index (χ2v) is 10.5. The first-order chi connectivity index (χ1) is 19.8. The number of carbonyl (C=O) groups excluding carboxylic acids is 2. The van der Waals surface area contributed by atoms with Crippen LogP contribution in [0.3, 0.4) is 0 Å². The van der Waals surface area contributed by atoms with Crippen molar-refractivity contribution in [2.24, 2.45) is 0 Å². The summed E-state index contributed by atoms with van der Waals surface area (Å²) in [5.74, 6) is -0.520. The van der Waals surface area contributed by atoms with Gasteiger partial charge in [-0.2, -0.15) is 0 Å². The van der Waals surface area contributed by atoms with Gasteiger partial charge in [-0.25, -0.2) is 4.79 Å². The molecule has 0 spiro atoms. The van der Waals surface area contributed by atoms with Gasteiger partial charge in [-0.15, -0.1) is 11.8 Å². The number of rotatable bonds is 8. The van der Waals surface area contributed by atoms with Crippen LogP contribution in [-0.4, -0.2) is 16.9 Å². The average molecular weight is 583 g/mol. The summed E-state index contributed by atoms with van der Waals surface area (Å²) in [5, 5.41) is 16.3. The smallest absolute Gasteiger partial charge is 0.340 e. The first-order valence-electron chi connectivity index (χ1n) is 12.5. The number of carbonyl (C=O) groups is 2. The molecule has 0 saturated carbocycles. The first kappa shape index (κ1) is 27.8. The van der Waals surface area contributed by atoms with E-state index in [4.69, 9.17) is 16.0 Å². The van der Waals surface area contributed by atoms with Crippen LogP contribution < -0.4 is 16.3 Å². The molecular weight excluding hydrogens is 560 g/mol. The topological polar surface area (TPSA) is 109 Å². The minimum absolute atomic E-state index is 0.0283. The van der Waals surface area contributed by atoms with Crippen molar-refractivity contribution in [3.8, 4) is 5.75 Å². The van der Waals surface area contributed by atoms with Crippen LogP contribution in [0.15, 0.2) is 123 Å². The van der Waals surface area contributed by atoms with Gasteiger partial charge in [0.15, 0.2) is 0 Å². The number of aromatic hydroxyl groups is 1.